The van der Waals surface area contributed by atoms with Crippen molar-refractivity contribution in [2.45, 2.75) is 26.0 Å². The van der Waals surface area contributed by atoms with E-state index in [-0.39, 0.29) is 12.1 Å². The quantitative estimate of drug-likeness (QED) is 0.830. The molecule has 1 aliphatic heterocycles. The first-order chi connectivity index (χ1) is 8.13. The van der Waals surface area contributed by atoms with E-state index in [1.54, 1.807) is 0 Å². The molecule has 2 rings (SSSR count). The summed E-state index contributed by atoms with van der Waals surface area (Å²) in [5.41, 5.74) is 8.37. The summed E-state index contributed by atoms with van der Waals surface area (Å²) >= 11 is 0. The number of nitrogens with two attached hydrogens (primary N) is 1. The van der Waals surface area contributed by atoms with Crippen LogP contribution in [0.5, 0.6) is 0 Å². The molecule has 0 radical (unpaired) electrons. The second-order valence-electron chi connectivity index (χ2n) is 4.74. The van der Waals surface area contributed by atoms with Gasteiger partial charge in [0.25, 0.3) is 0 Å². The topological polar surface area (TPSA) is 56.3 Å². The molecule has 0 aromatic carbocycles. The van der Waals surface area contributed by atoms with Gasteiger partial charge >= 0.3 is 0 Å². The number of aryl methyl sites for hydroxylation is 1. The van der Waals surface area contributed by atoms with E-state index in [0.29, 0.717) is 6.54 Å². The molecule has 1 aromatic rings. The summed E-state index contributed by atoms with van der Waals surface area (Å²) in [6, 6.07) is 0.259. The summed E-state index contributed by atoms with van der Waals surface area (Å²) in [7, 11) is 1.97. The lowest BCUT2D eigenvalue weighted by Crippen LogP contribution is -2.45. The van der Waals surface area contributed by atoms with Crippen molar-refractivity contribution < 1.29 is 4.74 Å². The predicted molar refractivity (Wildman–Crippen MR) is 66.7 cm³/mol. The van der Waals surface area contributed by atoms with Crippen molar-refractivity contribution in [3.63, 3.8) is 0 Å². The standard InChI is InChI=1S/C12H22N4O/c1-9-8-16(4-5-17-9)12(6-13)11-7-14-15(3)10(11)2/h7,9,12H,4-6,8,13H2,1-3H3. The number of ether oxygens (including phenoxy) is 1. The minimum atomic E-state index is 0.259. The lowest BCUT2D eigenvalue weighted by atomic mass is 10.1. The normalized spacial score (nSPS) is 23.9. The summed E-state index contributed by atoms with van der Waals surface area (Å²) in [4.78, 5) is 2.40. The molecule has 1 aliphatic rings. The van der Waals surface area contributed by atoms with Crippen LogP contribution in [0.25, 0.3) is 0 Å². The van der Waals surface area contributed by atoms with E-state index in [2.05, 4.69) is 23.8 Å². The first kappa shape index (κ1) is 12.5. The van der Waals surface area contributed by atoms with Crippen molar-refractivity contribution >= 4 is 0 Å². The van der Waals surface area contributed by atoms with Crippen LogP contribution in [0.2, 0.25) is 0 Å². The highest BCUT2D eigenvalue weighted by Crippen LogP contribution is 2.24. The zero-order chi connectivity index (χ0) is 12.4. The van der Waals surface area contributed by atoms with Gasteiger partial charge in [-0.25, -0.2) is 0 Å². The first-order valence-corrected chi connectivity index (χ1v) is 6.17. The molecule has 2 atom stereocenters. The fourth-order valence-electron chi connectivity index (χ4n) is 2.44. The maximum Gasteiger partial charge on any atom is 0.0674 e. The molecule has 1 saturated heterocycles. The molecule has 2 unspecified atom stereocenters. The molecule has 5 nitrogen and oxygen atoms in total. The third-order valence-corrected chi connectivity index (χ3v) is 3.57. The van der Waals surface area contributed by atoms with Crippen molar-refractivity contribution in [1.29, 1.82) is 0 Å². The average molecular weight is 238 g/mol. The van der Waals surface area contributed by atoms with Gasteiger partial charge < -0.3 is 10.5 Å². The Kier molecular flexibility index (Phi) is 3.81. The van der Waals surface area contributed by atoms with E-state index >= 15 is 0 Å². The molecule has 17 heavy (non-hydrogen) atoms. The third-order valence-electron chi connectivity index (χ3n) is 3.57. The molecule has 96 valence electrons. The van der Waals surface area contributed by atoms with Gasteiger partial charge in [-0.15, -0.1) is 0 Å². The Bertz CT molecular complexity index is 377. The predicted octanol–water partition coefficient (Wildman–Crippen LogP) is 0.449. The van der Waals surface area contributed by atoms with Crippen LogP contribution in [0.1, 0.15) is 24.2 Å². The second kappa shape index (κ2) is 5.16. The van der Waals surface area contributed by atoms with E-state index in [4.69, 9.17) is 10.5 Å². The molecule has 2 N–H and O–H groups in total. The molecule has 1 fully saturated rings. The fraction of sp³-hybridized carbons (Fsp3) is 0.750. The lowest BCUT2D eigenvalue weighted by Gasteiger charge is -2.36. The summed E-state index contributed by atoms with van der Waals surface area (Å²) in [6.45, 7) is 7.50. The maximum atomic E-state index is 5.94. The number of aromatic nitrogens is 2. The molecule has 2 heterocycles. The fourth-order valence-corrected chi connectivity index (χ4v) is 2.44. The number of hydrogen-bond acceptors (Lipinski definition) is 4. The summed E-state index contributed by atoms with van der Waals surface area (Å²) in [6.07, 6.45) is 2.22. The van der Waals surface area contributed by atoms with Crippen LogP contribution in [0.15, 0.2) is 6.20 Å². The smallest absolute Gasteiger partial charge is 0.0674 e. The van der Waals surface area contributed by atoms with E-state index < -0.39 is 0 Å². The highest BCUT2D eigenvalue weighted by atomic mass is 16.5. The number of nitrogens with zero attached hydrogens (tertiary/aromatic N) is 3. The molecule has 1 aromatic heterocycles. The van der Waals surface area contributed by atoms with E-state index in [9.17, 15) is 0 Å². The van der Waals surface area contributed by atoms with E-state index in [0.717, 1.165) is 19.7 Å². The SMILES string of the molecule is Cc1c(C(CN)N2CCOC(C)C2)cnn1C. The summed E-state index contributed by atoms with van der Waals surface area (Å²) in [5.74, 6) is 0. The van der Waals surface area contributed by atoms with Gasteiger partial charge in [-0.1, -0.05) is 0 Å². The van der Waals surface area contributed by atoms with Crippen LogP contribution < -0.4 is 5.73 Å². The molecule has 0 spiro atoms. The minimum Gasteiger partial charge on any atom is -0.376 e. The second-order valence-corrected chi connectivity index (χ2v) is 4.74. The molecule has 5 heteroatoms. The van der Waals surface area contributed by atoms with Gasteiger partial charge in [-0.3, -0.25) is 9.58 Å². The van der Waals surface area contributed by atoms with Gasteiger partial charge in [-0.05, 0) is 13.8 Å². The van der Waals surface area contributed by atoms with Gasteiger partial charge in [0.05, 0.1) is 24.9 Å². The van der Waals surface area contributed by atoms with Crippen molar-refractivity contribution in [3.05, 3.63) is 17.5 Å². The summed E-state index contributed by atoms with van der Waals surface area (Å²) < 4.78 is 7.48. The zero-order valence-corrected chi connectivity index (χ0v) is 10.9. The number of rotatable bonds is 3. The Balaban J connectivity index is 2.18. The molecule has 0 amide bonds. The number of hydrogen-bond donors (Lipinski definition) is 1. The zero-order valence-electron chi connectivity index (χ0n) is 10.9. The molecule has 0 bridgehead atoms. The Morgan fingerprint density at radius 3 is 2.94 bits per heavy atom. The highest BCUT2D eigenvalue weighted by Gasteiger charge is 2.26. The van der Waals surface area contributed by atoms with E-state index in [1.807, 2.05) is 17.9 Å². The third kappa shape index (κ3) is 2.51. The Hall–Kier alpha value is -0.910. The van der Waals surface area contributed by atoms with E-state index in [1.165, 1.54) is 11.3 Å². The largest absolute Gasteiger partial charge is 0.376 e. The van der Waals surface area contributed by atoms with Crippen LogP contribution in [-0.2, 0) is 11.8 Å². The molecular formula is C12H22N4O. The lowest BCUT2D eigenvalue weighted by molar-refractivity contribution is -0.0334. The molecular weight excluding hydrogens is 216 g/mol. The van der Waals surface area contributed by atoms with Crippen molar-refractivity contribution in [2.75, 3.05) is 26.2 Å². The Labute approximate surface area is 103 Å². The Morgan fingerprint density at radius 2 is 2.41 bits per heavy atom. The molecule has 0 saturated carbocycles. The van der Waals surface area contributed by atoms with Gasteiger partial charge in [0, 0.05) is 37.9 Å². The van der Waals surface area contributed by atoms with Crippen LogP contribution in [0, 0.1) is 6.92 Å². The van der Waals surface area contributed by atoms with Crippen molar-refractivity contribution in [1.82, 2.24) is 14.7 Å². The van der Waals surface area contributed by atoms with Crippen molar-refractivity contribution in [3.8, 4) is 0 Å². The van der Waals surface area contributed by atoms with Gasteiger partial charge in [0.1, 0.15) is 0 Å². The number of morpholine rings is 1. The van der Waals surface area contributed by atoms with Gasteiger partial charge in [0.2, 0.25) is 0 Å². The van der Waals surface area contributed by atoms with Crippen LogP contribution in [-0.4, -0.2) is 47.0 Å². The van der Waals surface area contributed by atoms with Gasteiger partial charge in [-0.2, -0.15) is 5.10 Å². The maximum absolute atomic E-state index is 5.94. The average Bonchev–Trinajstić information content (AvgIpc) is 2.63. The molecule has 0 aliphatic carbocycles. The van der Waals surface area contributed by atoms with Crippen molar-refractivity contribution in [2.24, 2.45) is 12.8 Å². The van der Waals surface area contributed by atoms with Gasteiger partial charge in [0.15, 0.2) is 0 Å². The van der Waals surface area contributed by atoms with Crippen LogP contribution >= 0.6 is 0 Å². The first-order valence-electron chi connectivity index (χ1n) is 6.17. The Morgan fingerprint density at radius 1 is 1.65 bits per heavy atom. The highest BCUT2D eigenvalue weighted by molar-refractivity contribution is 5.21. The van der Waals surface area contributed by atoms with Crippen LogP contribution in [0.4, 0.5) is 0 Å². The minimum absolute atomic E-state index is 0.259. The van der Waals surface area contributed by atoms with Crippen LogP contribution in [0.3, 0.4) is 0 Å². The monoisotopic (exact) mass is 238 g/mol. The summed E-state index contributed by atoms with van der Waals surface area (Å²) in [5, 5.41) is 4.30.